The lowest BCUT2D eigenvalue weighted by molar-refractivity contribution is -0.137. The number of sulfonamides is 1. The highest BCUT2D eigenvalue weighted by atomic mass is 32.2. The fourth-order valence-corrected chi connectivity index (χ4v) is 3.78. The summed E-state index contributed by atoms with van der Waals surface area (Å²) in [7, 11) is -1.79. The van der Waals surface area contributed by atoms with E-state index in [1.807, 2.05) is 4.90 Å². The number of alkyl halides is 3. The van der Waals surface area contributed by atoms with Crippen LogP contribution in [0.15, 0.2) is 48.5 Å². The van der Waals surface area contributed by atoms with Crippen LogP contribution < -0.4 is 9.64 Å². The molecule has 0 saturated carbocycles. The predicted octanol–water partition coefficient (Wildman–Crippen LogP) is 2.82. The topological polar surface area (TPSA) is 70.2 Å². The van der Waals surface area contributed by atoms with Gasteiger partial charge in [-0.25, -0.2) is 12.7 Å². The van der Waals surface area contributed by atoms with Gasteiger partial charge in [-0.1, -0.05) is 18.2 Å². The van der Waals surface area contributed by atoms with Crippen molar-refractivity contribution >= 4 is 21.6 Å². The number of halogens is 3. The zero-order valence-electron chi connectivity index (χ0n) is 18.4. The van der Waals surface area contributed by atoms with Gasteiger partial charge in [0.05, 0.1) is 11.8 Å². The largest absolute Gasteiger partial charge is 0.484 e. The number of ether oxygens (including phenoxy) is 1. The van der Waals surface area contributed by atoms with Crippen molar-refractivity contribution in [2.45, 2.75) is 12.7 Å². The van der Waals surface area contributed by atoms with Crippen LogP contribution in [0.5, 0.6) is 5.75 Å². The average molecular weight is 486 g/mol. The fourth-order valence-electron chi connectivity index (χ4n) is 3.39. The van der Waals surface area contributed by atoms with Crippen LogP contribution in [-0.4, -0.2) is 69.6 Å². The maximum atomic E-state index is 12.9. The van der Waals surface area contributed by atoms with Gasteiger partial charge in [-0.3, -0.25) is 4.79 Å². The Kier molecular flexibility index (Phi) is 7.53. The summed E-state index contributed by atoms with van der Waals surface area (Å²) in [6, 6.07) is 12.0. The Morgan fingerprint density at radius 1 is 1.06 bits per heavy atom. The number of rotatable bonds is 7. The van der Waals surface area contributed by atoms with E-state index in [0.717, 1.165) is 24.0 Å². The summed E-state index contributed by atoms with van der Waals surface area (Å²) < 4.78 is 68.6. The van der Waals surface area contributed by atoms with E-state index < -0.39 is 21.8 Å². The van der Waals surface area contributed by atoms with E-state index in [1.54, 1.807) is 35.2 Å². The van der Waals surface area contributed by atoms with Crippen molar-refractivity contribution in [1.82, 2.24) is 9.21 Å². The molecule has 0 spiro atoms. The predicted molar refractivity (Wildman–Crippen MR) is 118 cm³/mol. The SMILES string of the molecule is CN(Cc1ccc(OCC(=O)N2CCN(c3cccc(C(F)(F)F)c3)CC2)cc1)S(C)(=O)=O. The molecule has 0 radical (unpaired) electrons. The molecule has 1 fully saturated rings. The molecular weight excluding hydrogens is 459 g/mol. The van der Waals surface area contributed by atoms with Crippen LogP contribution in [-0.2, 0) is 27.5 Å². The lowest BCUT2D eigenvalue weighted by Crippen LogP contribution is -2.50. The maximum absolute atomic E-state index is 12.9. The second-order valence-corrected chi connectivity index (χ2v) is 9.96. The molecule has 1 heterocycles. The lowest BCUT2D eigenvalue weighted by atomic mass is 10.1. The van der Waals surface area contributed by atoms with E-state index in [1.165, 1.54) is 17.4 Å². The zero-order chi connectivity index (χ0) is 24.2. The number of piperazine rings is 1. The van der Waals surface area contributed by atoms with Crippen molar-refractivity contribution in [3.63, 3.8) is 0 Å². The van der Waals surface area contributed by atoms with Gasteiger partial charge >= 0.3 is 6.18 Å². The number of carbonyl (C=O) groups excluding carboxylic acids is 1. The van der Waals surface area contributed by atoms with E-state index >= 15 is 0 Å². The van der Waals surface area contributed by atoms with Crippen molar-refractivity contribution in [3.05, 3.63) is 59.7 Å². The lowest BCUT2D eigenvalue weighted by Gasteiger charge is -2.36. The first kappa shape index (κ1) is 24.8. The molecule has 0 bridgehead atoms. The van der Waals surface area contributed by atoms with Gasteiger partial charge in [0.15, 0.2) is 6.61 Å². The second-order valence-electron chi connectivity index (χ2n) is 7.87. The smallest absolute Gasteiger partial charge is 0.416 e. The van der Waals surface area contributed by atoms with Crippen LogP contribution >= 0.6 is 0 Å². The van der Waals surface area contributed by atoms with Gasteiger partial charge in [0.1, 0.15) is 5.75 Å². The van der Waals surface area contributed by atoms with Crippen LogP contribution in [0.4, 0.5) is 18.9 Å². The summed E-state index contributed by atoms with van der Waals surface area (Å²) in [4.78, 5) is 15.9. The highest BCUT2D eigenvalue weighted by molar-refractivity contribution is 7.88. The van der Waals surface area contributed by atoms with Gasteiger partial charge in [-0.05, 0) is 35.9 Å². The first-order valence-electron chi connectivity index (χ1n) is 10.3. The fraction of sp³-hybridized carbons (Fsp3) is 0.409. The molecule has 0 aromatic heterocycles. The van der Waals surface area contributed by atoms with E-state index in [4.69, 9.17) is 4.74 Å². The van der Waals surface area contributed by atoms with Crippen molar-refractivity contribution in [1.29, 1.82) is 0 Å². The third kappa shape index (κ3) is 6.84. The Morgan fingerprint density at radius 3 is 2.27 bits per heavy atom. The molecule has 1 aliphatic rings. The van der Waals surface area contributed by atoms with Crippen molar-refractivity contribution in [3.8, 4) is 5.75 Å². The van der Waals surface area contributed by atoms with Gasteiger partial charge in [0, 0.05) is 45.5 Å². The molecule has 3 rings (SSSR count). The second kappa shape index (κ2) is 10.0. The standard InChI is InChI=1S/C22H26F3N3O4S/c1-26(33(2,30)31)15-17-6-8-20(9-7-17)32-16-21(29)28-12-10-27(11-13-28)19-5-3-4-18(14-19)22(23,24)25/h3-9,14H,10-13,15-16H2,1-2H3. The molecule has 1 saturated heterocycles. The van der Waals surface area contributed by atoms with Gasteiger partial charge in [-0.15, -0.1) is 0 Å². The van der Waals surface area contributed by atoms with Gasteiger partial charge < -0.3 is 14.5 Å². The number of anilines is 1. The van der Waals surface area contributed by atoms with Crippen LogP contribution in [0.3, 0.4) is 0 Å². The molecule has 33 heavy (non-hydrogen) atoms. The number of amides is 1. The normalized spacial score (nSPS) is 15.1. The van der Waals surface area contributed by atoms with Gasteiger partial charge in [-0.2, -0.15) is 13.2 Å². The van der Waals surface area contributed by atoms with Crippen LogP contribution in [0.1, 0.15) is 11.1 Å². The summed E-state index contributed by atoms with van der Waals surface area (Å²) in [6.45, 7) is 1.69. The number of hydrogen-bond acceptors (Lipinski definition) is 5. The average Bonchev–Trinajstić information content (AvgIpc) is 2.77. The Bertz CT molecular complexity index is 1070. The molecule has 0 atom stereocenters. The van der Waals surface area contributed by atoms with E-state index in [2.05, 4.69) is 0 Å². The van der Waals surface area contributed by atoms with Gasteiger partial charge in [0.2, 0.25) is 10.0 Å². The maximum Gasteiger partial charge on any atom is 0.416 e. The molecule has 0 N–H and O–H groups in total. The zero-order valence-corrected chi connectivity index (χ0v) is 19.2. The summed E-state index contributed by atoms with van der Waals surface area (Å²) >= 11 is 0. The summed E-state index contributed by atoms with van der Waals surface area (Å²) in [5.41, 5.74) is 0.572. The van der Waals surface area contributed by atoms with Crippen molar-refractivity contribution < 1.29 is 31.1 Å². The number of carbonyl (C=O) groups is 1. The van der Waals surface area contributed by atoms with Crippen LogP contribution in [0.2, 0.25) is 0 Å². The summed E-state index contributed by atoms with van der Waals surface area (Å²) in [5.74, 6) is 0.274. The highest BCUT2D eigenvalue weighted by Crippen LogP contribution is 2.31. The number of hydrogen-bond donors (Lipinski definition) is 0. The van der Waals surface area contributed by atoms with Crippen LogP contribution in [0, 0.1) is 0 Å². The Morgan fingerprint density at radius 2 is 1.70 bits per heavy atom. The molecule has 2 aromatic carbocycles. The first-order chi connectivity index (χ1) is 15.4. The minimum atomic E-state index is -4.40. The summed E-state index contributed by atoms with van der Waals surface area (Å²) in [5, 5.41) is 0. The minimum Gasteiger partial charge on any atom is -0.484 e. The summed E-state index contributed by atoms with van der Waals surface area (Å²) in [6.07, 6.45) is -3.26. The van der Waals surface area contributed by atoms with Crippen molar-refractivity contribution in [2.24, 2.45) is 0 Å². The van der Waals surface area contributed by atoms with Crippen LogP contribution in [0.25, 0.3) is 0 Å². The molecule has 2 aromatic rings. The number of nitrogens with zero attached hydrogens (tertiary/aromatic N) is 3. The van der Waals surface area contributed by atoms with E-state index in [9.17, 15) is 26.4 Å². The molecule has 180 valence electrons. The third-order valence-electron chi connectivity index (χ3n) is 5.43. The monoisotopic (exact) mass is 485 g/mol. The van der Waals surface area contributed by atoms with E-state index in [0.29, 0.717) is 37.6 Å². The molecule has 1 aliphatic heterocycles. The molecular formula is C22H26F3N3O4S. The molecule has 0 unspecified atom stereocenters. The Balaban J connectivity index is 1.48. The van der Waals surface area contributed by atoms with Gasteiger partial charge in [0.25, 0.3) is 5.91 Å². The molecule has 7 nitrogen and oxygen atoms in total. The molecule has 1 amide bonds. The third-order valence-corrected chi connectivity index (χ3v) is 6.69. The van der Waals surface area contributed by atoms with Crippen molar-refractivity contribution in [2.75, 3.05) is 51.0 Å². The molecule has 11 heteroatoms. The number of benzene rings is 2. The Hall–Kier alpha value is -2.79. The highest BCUT2D eigenvalue weighted by Gasteiger charge is 2.31. The quantitative estimate of drug-likeness (QED) is 0.603. The van der Waals surface area contributed by atoms with E-state index in [-0.39, 0.29) is 19.1 Å². The minimum absolute atomic E-state index is 0.161. The Labute approximate surface area is 191 Å². The molecule has 0 aliphatic carbocycles. The first-order valence-corrected chi connectivity index (χ1v) is 12.1.